The van der Waals surface area contributed by atoms with Gasteiger partial charge < -0.3 is 14.6 Å². The maximum absolute atomic E-state index is 10.2. The smallest absolute Gasteiger partial charge is 0.122 e. The lowest BCUT2D eigenvalue weighted by Gasteiger charge is -2.37. The number of rotatable bonds is 6. The van der Waals surface area contributed by atoms with E-state index in [1.807, 2.05) is 31.2 Å². The van der Waals surface area contributed by atoms with Crippen LogP contribution in [0.25, 0.3) is 0 Å². The Morgan fingerprint density at radius 3 is 2.86 bits per heavy atom. The first-order valence-corrected chi connectivity index (χ1v) is 7.82. The fourth-order valence-electron chi connectivity index (χ4n) is 2.77. The standard InChI is InChI=1S/C17H27NO3/c1-4-16-11-18(9-14(3)21-16)10-15(19)12-20-17-8-6-5-7-13(17)2/h5-8,14-16,19H,4,9-12H2,1-3H3. The minimum absolute atomic E-state index is 0.230. The van der Waals surface area contributed by atoms with Crippen LogP contribution >= 0.6 is 0 Å². The van der Waals surface area contributed by atoms with Crippen LogP contribution < -0.4 is 4.74 Å². The summed E-state index contributed by atoms with van der Waals surface area (Å²) in [4.78, 5) is 2.27. The van der Waals surface area contributed by atoms with E-state index in [-0.39, 0.29) is 12.2 Å². The molecule has 4 nitrogen and oxygen atoms in total. The van der Waals surface area contributed by atoms with E-state index < -0.39 is 6.10 Å². The number of hydrogen-bond donors (Lipinski definition) is 1. The summed E-state index contributed by atoms with van der Waals surface area (Å²) in [6, 6.07) is 7.88. The average Bonchev–Trinajstić information content (AvgIpc) is 2.45. The van der Waals surface area contributed by atoms with E-state index >= 15 is 0 Å². The molecule has 21 heavy (non-hydrogen) atoms. The molecule has 3 unspecified atom stereocenters. The molecule has 0 radical (unpaired) electrons. The number of aliphatic hydroxyl groups is 1. The van der Waals surface area contributed by atoms with Crippen molar-refractivity contribution in [2.75, 3.05) is 26.2 Å². The predicted octanol–water partition coefficient (Wildman–Crippen LogP) is 2.23. The van der Waals surface area contributed by atoms with Gasteiger partial charge in [-0.15, -0.1) is 0 Å². The van der Waals surface area contributed by atoms with Crippen molar-refractivity contribution >= 4 is 0 Å². The number of ether oxygens (including phenoxy) is 2. The SMILES string of the molecule is CCC1CN(CC(O)COc2ccccc2C)CC(C)O1. The number of benzene rings is 1. The minimum Gasteiger partial charge on any atom is -0.491 e. The number of morpholine rings is 1. The molecule has 0 bridgehead atoms. The van der Waals surface area contributed by atoms with E-state index in [1.165, 1.54) is 0 Å². The summed E-state index contributed by atoms with van der Waals surface area (Å²) in [5, 5.41) is 10.2. The zero-order chi connectivity index (χ0) is 15.2. The maximum Gasteiger partial charge on any atom is 0.122 e. The Labute approximate surface area is 127 Å². The van der Waals surface area contributed by atoms with Crippen LogP contribution in [0.2, 0.25) is 0 Å². The van der Waals surface area contributed by atoms with E-state index in [0.717, 1.165) is 30.8 Å². The van der Waals surface area contributed by atoms with Crippen LogP contribution in [-0.2, 0) is 4.74 Å². The largest absolute Gasteiger partial charge is 0.491 e. The Bertz CT molecular complexity index is 438. The molecular formula is C17H27NO3. The van der Waals surface area contributed by atoms with E-state index in [1.54, 1.807) is 0 Å². The highest BCUT2D eigenvalue weighted by Gasteiger charge is 2.25. The Kier molecular flexibility index (Phi) is 6.03. The van der Waals surface area contributed by atoms with Gasteiger partial charge in [-0.1, -0.05) is 25.1 Å². The van der Waals surface area contributed by atoms with Gasteiger partial charge in [0.2, 0.25) is 0 Å². The second-order valence-electron chi connectivity index (χ2n) is 5.93. The van der Waals surface area contributed by atoms with Crippen LogP contribution in [-0.4, -0.2) is 54.6 Å². The maximum atomic E-state index is 10.2. The molecule has 1 aromatic carbocycles. The molecule has 0 saturated carbocycles. The molecule has 1 saturated heterocycles. The minimum atomic E-state index is -0.479. The molecule has 1 aliphatic rings. The number of nitrogens with zero attached hydrogens (tertiary/aromatic N) is 1. The van der Waals surface area contributed by atoms with Gasteiger partial charge in [-0.2, -0.15) is 0 Å². The van der Waals surface area contributed by atoms with Crippen molar-refractivity contribution in [3.8, 4) is 5.75 Å². The van der Waals surface area contributed by atoms with Gasteiger partial charge in [0.1, 0.15) is 18.5 Å². The molecule has 4 heteroatoms. The first-order chi connectivity index (χ1) is 10.1. The summed E-state index contributed by atoms with van der Waals surface area (Å²) in [7, 11) is 0. The highest BCUT2D eigenvalue weighted by molar-refractivity contribution is 5.31. The summed E-state index contributed by atoms with van der Waals surface area (Å²) in [6.45, 7) is 8.96. The third-order valence-electron chi connectivity index (χ3n) is 3.85. The lowest BCUT2D eigenvalue weighted by Crippen LogP contribution is -2.49. The van der Waals surface area contributed by atoms with Crippen LogP contribution in [0.1, 0.15) is 25.8 Å². The summed E-state index contributed by atoms with van der Waals surface area (Å²) in [6.07, 6.45) is 1.04. The molecule has 2 rings (SSSR count). The predicted molar refractivity (Wildman–Crippen MR) is 83.7 cm³/mol. The molecule has 0 spiro atoms. The Morgan fingerprint density at radius 2 is 2.14 bits per heavy atom. The zero-order valence-corrected chi connectivity index (χ0v) is 13.3. The van der Waals surface area contributed by atoms with Gasteiger partial charge in [0, 0.05) is 19.6 Å². The summed E-state index contributed by atoms with van der Waals surface area (Å²) in [5.74, 6) is 0.846. The second-order valence-corrected chi connectivity index (χ2v) is 5.93. The lowest BCUT2D eigenvalue weighted by atomic mass is 10.1. The van der Waals surface area contributed by atoms with Crippen LogP contribution in [0.4, 0.5) is 0 Å². The van der Waals surface area contributed by atoms with Crippen LogP contribution in [0, 0.1) is 6.92 Å². The van der Waals surface area contributed by atoms with Crippen molar-refractivity contribution in [3.05, 3.63) is 29.8 Å². The molecule has 0 aromatic heterocycles. The molecule has 0 aliphatic carbocycles. The van der Waals surface area contributed by atoms with Crippen LogP contribution in [0.5, 0.6) is 5.75 Å². The molecule has 0 amide bonds. The quantitative estimate of drug-likeness (QED) is 0.873. The Balaban J connectivity index is 1.79. The molecule has 3 atom stereocenters. The van der Waals surface area contributed by atoms with Gasteiger partial charge in [-0.05, 0) is 31.9 Å². The third-order valence-corrected chi connectivity index (χ3v) is 3.85. The zero-order valence-electron chi connectivity index (χ0n) is 13.3. The molecule has 118 valence electrons. The highest BCUT2D eigenvalue weighted by Crippen LogP contribution is 2.17. The normalized spacial score (nSPS) is 24.8. The van der Waals surface area contributed by atoms with Gasteiger partial charge in [0.25, 0.3) is 0 Å². The van der Waals surface area contributed by atoms with E-state index in [9.17, 15) is 5.11 Å². The number of hydrogen-bond acceptors (Lipinski definition) is 4. The summed E-state index contributed by atoms with van der Waals surface area (Å²) >= 11 is 0. The van der Waals surface area contributed by atoms with E-state index in [0.29, 0.717) is 13.2 Å². The number of aryl methyl sites for hydroxylation is 1. The van der Waals surface area contributed by atoms with Crippen LogP contribution in [0.3, 0.4) is 0 Å². The van der Waals surface area contributed by atoms with Crippen molar-refractivity contribution in [2.24, 2.45) is 0 Å². The number of aliphatic hydroxyl groups excluding tert-OH is 1. The molecule has 1 heterocycles. The van der Waals surface area contributed by atoms with Gasteiger partial charge >= 0.3 is 0 Å². The molecule has 1 fully saturated rings. The summed E-state index contributed by atoms with van der Waals surface area (Å²) < 4.78 is 11.5. The van der Waals surface area contributed by atoms with Crippen molar-refractivity contribution < 1.29 is 14.6 Å². The topological polar surface area (TPSA) is 41.9 Å². The number of β-amino-alcohol motifs (C(OH)–C–C–N with tert-alkyl or cyclic N) is 1. The van der Waals surface area contributed by atoms with Crippen LogP contribution in [0.15, 0.2) is 24.3 Å². The lowest BCUT2D eigenvalue weighted by molar-refractivity contribution is -0.0873. The molecule has 1 aromatic rings. The number of para-hydroxylation sites is 1. The first-order valence-electron chi connectivity index (χ1n) is 7.82. The average molecular weight is 293 g/mol. The van der Waals surface area contributed by atoms with Crippen molar-refractivity contribution in [1.29, 1.82) is 0 Å². The fraction of sp³-hybridized carbons (Fsp3) is 0.647. The Hall–Kier alpha value is -1.10. The first kappa shape index (κ1) is 16.3. The van der Waals surface area contributed by atoms with Gasteiger partial charge in [-0.25, -0.2) is 0 Å². The van der Waals surface area contributed by atoms with Crippen molar-refractivity contribution in [3.63, 3.8) is 0 Å². The molecule has 1 N–H and O–H groups in total. The van der Waals surface area contributed by atoms with Gasteiger partial charge in [0.15, 0.2) is 0 Å². The van der Waals surface area contributed by atoms with Crippen molar-refractivity contribution in [1.82, 2.24) is 4.90 Å². The van der Waals surface area contributed by atoms with E-state index in [2.05, 4.69) is 18.7 Å². The second kappa shape index (κ2) is 7.78. The fourth-order valence-corrected chi connectivity index (χ4v) is 2.77. The third kappa shape index (κ3) is 4.99. The van der Waals surface area contributed by atoms with E-state index in [4.69, 9.17) is 9.47 Å². The molecular weight excluding hydrogens is 266 g/mol. The van der Waals surface area contributed by atoms with Crippen molar-refractivity contribution in [2.45, 2.75) is 45.5 Å². The summed E-state index contributed by atoms with van der Waals surface area (Å²) in [5.41, 5.74) is 1.09. The molecule has 1 aliphatic heterocycles. The monoisotopic (exact) mass is 293 g/mol. The Morgan fingerprint density at radius 1 is 1.38 bits per heavy atom. The van der Waals surface area contributed by atoms with Gasteiger partial charge in [0.05, 0.1) is 12.2 Å². The van der Waals surface area contributed by atoms with Gasteiger partial charge in [-0.3, -0.25) is 4.90 Å². The highest BCUT2D eigenvalue weighted by atomic mass is 16.5.